The van der Waals surface area contributed by atoms with E-state index in [-0.39, 0.29) is 27.6 Å². The lowest BCUT2D eigenvalue weighted by Gasteiger charge is -2.10. The number of carbonyl (C=O) groups excluding carboxylic acids is 1. The molecule has 0 atom stereocenters. The van der Waals surface area contributed by atoms with Gasteiger partial charge in [0.15, 0.2) is 0 Å². The fraction of sp³-hybridized carbons (Fsp3) is 0.0667. The predicted octanol–water partition coefficient (Wildman–Crippen LogP) is 3.96. The SMILES string of the molecule is Cc1cc(NC(=O)c2ccc(Cl)c(Cl)c2)cc(C(=O)O)c1O. The Morgan fingerprint density at radius 1 is 1.09 bits per heavy atom. The van der Waals surface area contributed by atoms with Crippen molar-refractivity contribution in [2.24, 2.45) is 0 Å². The van der Waals surface area contributed by atoms with Gasteiger partial charge in [-0.1, -0.05) is 23.2 Å². The number of phenols is 1. The van der Waals surface area contributed by atoms with Crippen molar-refractivity contribution in [1.29, 1.82) is 0 Å². The summed E-state index contributed by atoms with van der Waals surface area (Å²) in [6.07, 6.45) is 0. The van der Waals surface area contributed by atoms with E-state index in [1.807, 2.05) is 0 Å². The van der Waals surface area contributed by atoms with Crippen LogP contribution in [0.25, 0.3) is 0 Å². The second kappa shape index (κ2) is 6.25. The Labute approximate surface area is 136 Å². The van der Waals surface area contributed by atoms with Crippen molar-refractivity contribution in [3.8, 4) is 5.75 Å². The summed E-state index contributed by atoms with van der Waals surface area (Å²) < 4.78 is 0. The number of hydrogen-bond acceptors (Lipinski definition) is 3. The molecule has 3 N–H and O–H groups in total. The lowest BCUT2D eigenvalue weighted by Crippen LogP contribution is -2.12. The van der Waals surface area contributed by atoms with Gasteiger partial charge in [0.05, 0.1) is 10.0 Å². The van der Waals surface area contributed by atoms with Gasteiger partial charge in [-0.05, 0) is 42.8 Å². The summed E-state index contributed by atoms with van der Waals surface area (Å²) in [6.45, 7) is 1.54. The Hall–Kier alpha value is -2.24. The molecule has 0 saturated carbocycles. The van der Waals surface area contributed by atoms with Crippen LogP contribution in [-0.4, -0.2) is 22.1 Å². The van der Waals surface area contributed by atoms with Crippen LogP contribution < -0.4 is 5.32 Å². The molecular weight excluding hydrogens is 329 g/mol. The highest BCUT2D eigenvalue weighted by atomic mass is 35.5. The standard InChI is InChI=1S/C15H11Cl2NO4/c1-7-4-9(6-10(13(7)19)15(21)22)18-14(20)8-2-3-11(16)12(17)5-8/h2-6,19H,1H3,(H,18,20)(H,21,22). The van der Waals surface area contributed by atoms with Crippen LogP contribution in [0.1, 0.15) is 26.3 Å². The molecule has 0 aliphatic heterocycles. The normalized spacial score (nSPS) is 10.3. The van der Waals surface area contributed by atoms with Crippen molar-refractivity contribution in [2.75, 3.05) is 5.32 Å². The summed E-state index contributed by atoms with van der Waals surface area (Å²) in [6, 6.07) is 7.04. The average molecular weight is 340 g/mol. The van der Waals surface area contributed by atoms with Crippen LogP contribution in [-0.2, 0) is 0 Å². The first-order valence-corrected chi connectivity index (χ1v) is 6.88. The van der Waals surface area contributed by atoms with Crippen LogP contribution >= 0.6 is 23.2 Å². The number of carbonyl (C=O) groups is 2. The third kappa shape index (κ3) is 3.32. The molecule has 2 aromatic rings. The lowest BCUT2D eigenvalue weighted by molar-refractivity contribution is 0.0693. The van der Waals surface area contributed by atoms with Gasteiger partial charge in [-0.3, -0.25) is 4.79 Å². The zero-order valence-electron chi connectivity index (χ0n) is 11.4. The highest BCUT2D eigenvalue weighted by molar-refractivity contribution is 6.42. The van der Waals surface area contributed by atoms with Crippen LogP contribution in [0.5, 0.6) is 5.75 Å². The van der Waals surface area contributed by atoms with Crippen molar-refractivity contribution in [1.82, 2.24) is 0 Å². The fourth-order valence-corrected chi connectivity index (χ4v) is 2.15. The monoisotopic (exact) mass is 339 g/mol. The Bertz CT molecular complexity index is 774. The predicted molar refractivity (Wildman–Crippen MR) is 84.2 cm³/mol. The highest BCUT2D eigenvalue weighted by Crippen LogP contribution is 2.27. The van der Waals surface area contributed by atoms with Gasteiger partial charge in [0.2, 0.25) is 0 Å². The molecule has 7 heteroatoms. The topological polar surface area (TPSA) is 86.6 Å². The van der Waals surface area contributed by atoms with Crippen LogP contribution in [0.15, 0.2) is 30.3 Å². The molecule has 22 heavy (non-hydrogen) atoms. The maximum absolute atomic E-state index is 12.1. The van der Waals surface area contributed by atoms with Crippen molar-refractivity contribution in [3.63, 3.8) is 0 Å². The Morgan fingerprint density at radius 3 is 2.36 bits per heavy atom. The molecule has 2 rings (SSSR count). The first-order chi connectivity index (χ1) is 10.3. The van der Waals surface area contributed by atoms with E-state index in [0.29, 0.717) is 10.6 Å². The molecule has 0 aromatic heterocycles. The number of aryl methyl sites for hydroxylation is 1. The van der Waals surface area contributed by atoms with Crippen LogP contribution in [0.2, 0.25) is 10.0 Å². The van der Waals surface area contributed by atoms with Crippen molar-refractivity contribution < 1.29 is 19.8 Å². The smallest absolute Gasteiger partial charge is 0.339 e. The molecule has 114 valence electrons. The van der Waals surface area contributed by atoms with Gasteiger partial charge in [-0.25, -0.2) is 4.79 Å². The molecule has 2 aromatic carbocycles. The van der Waals surface area contributed by atoms with E-state index < -0.39 is 11.9 Å². The summed E-state index contributed by atoms with van der Waals surface area (Å²) in [5.41, 5.74) is 0.578. The third-order valence-corrected chi connectivity index (χ3v) is 3.71. The number of aromatic hydroxyl groups is 1. The fourth-order valence-electron chi connectivity index (χ4n) is 1.86. The number of rotatable bonds is 3. The van der Waals surface area contributed by atoms with Gasteiger partial charge in [-0.15, -0.1) is 0 Å². The molecular formula is C15H11Cl2NO4. The lowest BCUT2D eigenvalue weighted by atomic mass is 10.1. The molecule has 0 heterocycles. The largest absolute Gasteiger partial charge is 0.507 e. The maximum Gasteiger partial charge on any atom is 0.339 e. The number of nitrogens with one attached hydrogen (secondary N) is 1. The molecule has 0 fully saturated rings. The van der Waals surface area contributed by atoms with Gasteiger partial charge < -0.3 is 15.5 Å². The van der Waals surface area contributed by atoms with E-state index in [9.17, 15) is 14.7 Å². The first-order valence-electron chi connectivity index (χ1n) is 6.13. The molecule has 0 unspecified atom stereocenters. The minimum atomic E-state index is -1.29. The summed E-state index contributed by atoms with van der Waals surface area (Å²) >= 11 is 11.6. The molecule has 1 amide bonds. The van der Waals surface area contributed by atoms with E-state index in [1.54, 1.807) is 0 Å². The number of aromatic carboxylic acids is 1. The molecule has 0 bridgehead atoms. The Morgan fingerprint density at radius 2 is 1.77 bits per heavy atom. The van der Waals surface area contributed by atoms with Crippen molar-refractivity contribution in [3.05, 3.63) is 57.1 Å². The van der Waals surface area contributed by atoms with E-state index in [4.69, 9.17) is 28.3 Å². The van der Waals surface area contributed by atoms with Crippen molar-refractivity contribution >= 4 is 40.8 Å². The summed E-state index contributed by atoms with van der Waals surface area (Å²) in [7, 11) is 0. The third-order valence-electron chi connectivity index (χ3n) is 2.97. The second-order valence-corrected chi connectivity index (χ2v) is 5.39. The van der Waals surface area contributed by atoms with Crippen LogP contribution in [0, 0.1) is 6.92 Å². The molecule has 0 aliphatic rings. The van der Waals surface area contributed by atoms with Gasteiger partial charge >= 0.3 is 5.97 Å². The zero-order valence-corrected chi connectivity index (χ0v) is 12.9. The van der Waals surface area contributed by atoms with Crippen LogP contribution in [0.3, 0.4) is 0 Å². The molecule has 5 nitrogen and oxygen atoms in total. The van der Waals surface area contributed by atoms with Gasteiger partial charge in [0.25, 0.3) is 5.91 Å². The summed E-state index contributed by atoms with van der Waals surface area (Å²) in [5, 5.41) is 21.8. The van der Waals surface area contributed by atoms with Crippen molar-refractivity contribution in [2.45, 2.75) is 6.92 Å². The number of carboxylic acid groups (broad SMARTS) is 1. The minimum absolute atomic E-state index is 0.238. The van der Waals surface area contributed by atoms with E-state index in [0.717, 1.165) is 0 Å². The van der Waals surface area contributed by atoms with E-state index in [2.05, 4.69) is 5.32 Å². The van der Waals surface area contributed by atoms with Crippen LogP contribution in [0.4, 0.5) is 5.69 Å². The van der Waals surface area contributed by atoms with Gasteiger partial charge in [0.1, 0.15) is 11.3 Å². The number of amides is 1. The summed E-state index contributed by atoms with van der Waals surface area (Å²) in [5.74, 6) is -2.09. The Kier molecular flexibility index (Phi) is 4.59. The summed E-state index contributed by atoms with van der Waals surface area (Å²) in [4.78, 5) is 23.2. The minimum Gasteiger partial charge on any atom is -0.507 e. The number of halogens is 2. The zero-order chi connectivity index (χ0) is 16.4. The molecule has 0 radical (unpaired) electrons. The quantitative estimate of drug-likeness (QED) is 0.738. The Balaban J connectivity index is 2.32. The number of benzene rings is 2. The molecule has 0 saturated heterocycles. The van der Waals surface area contributed by atoms with Gasteiger partial charge in [-0.2, -0.15) is 0 Å². The average Bonchev–Trinajstić information content (AvgIpc) is 2.45. The number of anilines is 1. The number of carboxylic acids is 1. The van der Waals surface area contributed by atoms with E-state index >= 15 is 0 Å². The highest BCUT2D eigenvalue weighted by Gasteiger charge is 2.15. The van der Waals surface area contributed by atoms with Gasteiger partial charge in [0, 0.05) is 11.3 Å². The molecule has 0 spiro atoms. The van der Waals surface area contributed by atoms with E-state index in [1.165, 1.54) is 37.3 Å². The number of hydrogen-bond donors (Lipinski definition) is 3. The molecule has 0 aliphatic carbocycles. The maximum atomic E-state index is 12.1. The second-order valence-electron chi connectivity index (χ2n) is 4.58. The first kappa shape index (κ1) is 16.1.